The van der Waals surface area contributed by atoms with Gasteiger partial charge in [0.15, 0.2) is 0 Å². The Morgan fingerprint density at radius 3 is 2.56 bits per heavy atom. The van der Waals surface area contributed by atoms with E-state index in [1.807, 2.05) is 0 Å². The second-order valence-corrected chi connectivity index (χ2v) is 6.55. The number of nitrogens with two attached hydrogens (primary N) is 1. The number of rotatable bonds is 3. The fourth-order valence-corrected chi connectivity index (χ4v) is 4.24. The zero-order chi connectivity index (χ0) is 11.7. The Labute approximate surface area is 112 Å². The fourth-order valence-electron chi connectivity index (χ4n) is 1.57. The summed E-state index contributed by atoms with van der Waals surface area (Å²) in [5.41, 5.74) is 5.42. The largest absolute Gasteiger partial charge is 0.271 e. The van der Waals surface area contributed by atoms with Gasteiger partial charge in [0.1, 0.15) is 0 Å². The van der Waals surface area contributed by atoms with Gasteiger partial charge in [0.2, 0.25) is 0 Å². The Balaban J connectivity index is 2.40. The Hall–Kier alpha value is -0.200. The highest BCUT2D eigenvalue weighted by molar-refractivity contribution is 9.10. The minimum absolute atomic E-state index is 0.0815. The van der Waals surface area contributed by atoms with E-state index in [2.05, 4.69) is 52.0 Å². The third-order valence-electron chi connectivity index (χ3n) is 2.59. The van der Waals surface area contributed by atoms with Crippen molar-refractivity contribution >= 4 is 38.6 Å². The van der Waals surface area contributed by atoms with Crippen LogP contribution in [0.4, 0.5) is 0 Å². The zero-order valence-corrected chi connectivity index (χ0v) is 12.3. The van der Waals surface area contributed by atoms with Crippen molar-refractivity contribution < 1.29 is 0 Å². The molecule has 0 fully saturated rings. The van der Waals surface area contributed by atoms with Crippen LogP contribution < -0.4 is 11.3 Å². The van der Waals surface area contributed by atoms with Crippen LogP contribution in [0.15, 0.2) is 21.3 Å². The maximum absolute atomic E-state index is 5.66. The second-order valence-electron chi connectivity index (χ2n) is 3.66. The number of halogens is 1. The molecule has 0 aliphatic rings. The summed E-state index contributed by atoms with van der Waals surface area (Å²) in [7, 11) is 0. The van der Waals surface area contributed by atoms with Gasteiger partial charge >= 0.3 is 0 Å². The van der Waals surface area contributed by atoms with Gasteiger partial charge in [-0.15, -0.1) is 11.3 Å². The monoisotopic (exact) mass is 316 g/mol. The highest BCUT2D eigenvalue weighted by atomic mass is 79.9. The number of nitrogens with one attached hydrogen (secondary N) is 1. The summed E-state index contributed by atoms with van der Waals surface area (Å²) < 4.78 is 1.11. The van der Waals surface area contributed by atoms with Crippen LogP contribution in [0.25, 0.3) is 0 Å². The average molecular weight is 317 g/mol. The van der Waals surface area contributed by atoms with Crippen molar-refractivity contribution in [1.82, 2.24) is 5.43 Å². The number of hydrazine groups is 1. The number of thiophene rings is 2. The maximum Gasteiger partial charge on any atom is 0.0821 e. The van der Waals surface area contributed by atoms with Crippen LogP contribution in [0, 0.1) is 13.8 Å². The lowest BCUT2D eigenvalue weighted by atomic mass is 10.1. The minimum Gasteiger partial charge on any atom is -0.271 e. The van der Waals surface area contributed by atoms with Crippen LogP contribution in [-0.4, -0.2) is 0 Å². The van der Waals surface area contributed by atoms with Crippen molar-refractivity contribution in [2.24, 2.45) is 5.84 Å². The van der Waals surface area contributed by atoms with E-state index in [4.69, 9.17) is 5.84 Å². The van der Waals surface area contributed by atoms with Crippen LogP contribution in [0.2, 0.25) is 0 Å². The topological polar surface area (TPSA) is 38.0 Å². The van der Waals surface area contributed by atoms with E-state index in [9.17, 15) is 0 Å². The van der Waals surface area contributed by atoms with Gasteiger partial charge in [-0.3, -0.25) is 5.84 Å². The van der Waals surface area contributed by atoms with Gasteiger partial charge in [0.25, 0.3) is 0 Å². The average Bonchev–Trinajstić information content (AvgIpc) is 2.78. The first kappa shape index (κ1) is 12.3. The van der Waals surface area contributed by atoms with E-state index >= 15 is 0 Å². The summed E-state index contributed by atoms with van der Waals surface area (Å²) in [5, 5.41) is 4.20. The van der Waals surface area contributed by atoms with E-state index in [1.54, 1.807) is 22.7 Å². The maximum atomic E-state index is 5.66. The molecule has 2 heterocycles. The molecule has 0 aromatic carbocycles. The van der Waals surface area contributed by atoms with Crippen molar-refractivity contribution in [2.75, 3.05) is 0 Å². The molecule has 2 nitrogen and oxygen atoms in total. The predicted octanol–water partition coefficient (Wildman–Crippen LogP) is 3.74. The van der Waals surface area contributed by atoms with Gasteiger partial charge in [-0.2, -0.15) is 11.3 Å². The first-order chi connectivity index (χ1) is 7.63. The van der Waals surface area contributed by atoms with Crippen molar-refractivity contribution in [2.45, 2.75) is 19.9 Å². The van der Waals surface area contributed by atoms with Crippen molar-refractivity contribution in [1.29, 1.82) is 0 Å². The van der Waals surface area contributed by atoms with Crippen LogP contribution in [0.1, 0.15) is 26.9 Å². The lowest BCUT2D eigenvalue weighted by molar-refractivity contribution is 0.646. The molecule has 0 spiro atoms. The molecule has 0 saturated carbocycles. The molecule has 0 amide bonds. The Bertz CT molecular complexity index is 470. The third-order valence-corrected chi connectivity index (χ3v) is 5.56. The Kier molecular flexibility index (Phi) is 3.81. The van der Waals surface area contributed by atoms with Crippen LogP contribution in [0.3, 0.4) is 0 Å². The molecule has 1 unspecified atom stereocenters. The lowest BCUT2D eigenvalue weighted by Gasteiger charge is -2.13. The summed E-state index contributed by atoms with van der Waals surface area (Å²) in [6.07, 6.45) is 0. The molecule has 2 aromatic rings. The van der Waals surface area contributed by atoms with Gasteiger partial charge < -0.3 is 0 Å². The molecule has 0 aliphatic carbocycles. The van der Waals surface area contributed by atoms with E-state index < -0.39 is 0 Å². The van der Waals surface area contributed by atoms with Gasteiger partial charge in [-0.1, -0.05) is 0 Å². The molecule has 0 radical (unpaired) electrons. The third kappa shape index (κ3) is 2.24. The van der Waals surface area contributed by atoms with Crippen molar-refractivity contribution in [3.63, 3.8) is 0 Å². The normalized spacial score (nSPS) is 13.0. The van der Waals surface area contributed by atoms with Gasteiger partial charge in [-0.05, 0) is 46.8 Å². The van der Waals surface area contributed by atoms with Crippen molar-refractivity contribution in [3.8, 4) is 0 Å². The first-order valence-electron chi connectivity index (χ1n) is 4.88. The highest BCUT2D eigenvalue weighted by Crippen LogP contribution is 2.35. The molecule has 2 aromatic heterocycles. The van der Waals surface area contributed by atoms with Crippen LogP contribution in [-0.2, 0) is 0 Å². The van der Waals surface area contributed by atoms with Gasteiger partial charge in [-0.25, -0.2) is 5.43 Å². The van der Waals surface area contributed by atoms with E-state index in [-0.39, 0.29) is 6.04 Å². The van der Waals surface area contributed by atoms with Crippen LogP contribution >= 0.6 is 38.6 Å². The molecule has 2 rings (SSSR count). The number of aryl methyl sites for hydroxylation is 2. The molecule has 1 atom stereocenters. The molecule has 16 heavy (non-hydrogen) atoms. The van der Waals surface area contributed by atoms with Gasteiger partial charge in [0.05, 0.1) is 6.04 Å². The van der Waals surface area contributed by atoms with Crippen molar-refractivity contribution in [3.05, 3.63) is 42.2 Å². The summed E-state index contributed by atoms with van der Waals surface area (Å²) in [4.78, 5) is 2.61. The standard InChI is InChI=1S/C11H13BrN2S2/c1-6-3-10(16-7(6)2)11(14-13)8-4-15-5-9(8)12/h3-5,11,14H,13H2,1-2H3. The quantitative estimate of drug-likeness (QED) is 0.668. The molecule has 0 aliphatic heterocycles. The van der Waals surface area contributed by atoms with E-state index in [0.717, 1.165) is 4.47 Å². The molecule has 5 heteroatoms. The Morgan fingerprint density at radius 2 is 2.12 bits per heavy atom. The summed E-state index contributed by atoms with van der Waals surface area (Å²) in [6.45, 7) is 4.27. The van der Waals surface area contributed by atoms with E-state index in [0.29, 0.717) is 0 Å². The fraction of sp³-hybridized carbons (Fsp3) is 0.273. The summed E-state index contributed by atoms with van der Waals surface area (Å²) in [5.74, 6) is 5.66. The molecular weight excluding hydrogens is 304 g/mol. The SMILES string of the molecule is Cc1cc(C(NN)c2cscc2Br)sc1C. The number of hydrogen-bond acceptors (Lipinski definition) is 4. The minimum atomic E-state index is 0.0815. The number of hydrogen-bond donors (Lipinski definition) is 2. The Morgan fingerprint density at radius 1 is 1.38 bits per heavy atom. The smallest absolute Gasteiger partial charge is 0.0821 e. The molecule has 3 N–H and O–H groups in total. The molecule has 86 valence electrons. The lowest BCUT2D eigenvalue weighted by Crippen LogP contribution is -2.28. The van der Waals surface area contributed by atoms with Crippen LogP contribution in [0.5, 0.6) is 0 Å². The predicted molar refractivity (Wildman–Crippen MR) is 75.0 cm³/mol. The molecular formula is C11H13BrN2S2. The summed E-state index contributed by atoms with van der Waals surface area (Å²) in [6, 6.07) is 2.28. The van der Waals surface area contributed by atoms with Gasteiger partial charge in [0, 0.05) is 25.2 Å². The highest BCUT2D eigenvalue weighted by Gasteiger charge is 2.18. The van der Waals surface area contributed by atoms with E-state index in [1.165, 1.54) is 20.9 Å². The molecule has 0 saturated heterocycles. The first-order valence-corrected chi connectivity index (χ1v) is 7.43. The second kappa shape index (κ2) is 4.98. The molecule has 0 bridgehead atoms. The summed E-state index contributed by atoms with van der Waals surface area (Å²) >= 11 is 7.02. The zero-order valence-electron chi connectivity index (χ0n) is 9.08.